The molecule has 0 fully saturated rings. The first-order valence-corrected chi connectivity index (χ1v) is 8.12. The monoisotopic (exact) mass is 375 g/mol. The summed E-state index contributed by atoms with van der Waals surface area (Å²) in [5, 5.41) is 14.9. The molecule has 1 aromatic carbocycles. The summed E-state index contributed by atoms with van der Waals surface area (Å²) in [6.45, 7) is 4.52. The van der Waals surface area contributed by atoms with Gasteiger partial charge >= 0.3 is 5.97 Å². The van der Waals surface area contributed by atoms with Gasteiger partial charge in [-0.05, 0) is 44.0 Å². The number of nitrogens with one attached hydrogen (secondary N) is 1. The largest absolute Gasteiger partial charge is 0.481 e. The van der Waals surface area contributed by atoms with Crippen LogP contribution in [0.2, 0.25) is 0 Å². The van der Waals surface area contributed by atoms with E-state index in [4.69, 9.17) is 14.4 Å². The average Bonchev–Trinajstić information content (AvgIpc) is 2.97. The SMILES string of the molecule is Cc1cc(NC(=O)CN(C)C(=O)c2cc(C)c(OCC(=O)O)c(C)c2)no1. The number of carbonyl (C=O) groups excluding carboxylic acids is 2. The predicted octanol–water partition coefficient (Wildman–Crippen LogP) is 1.77. The summed E-state index contributed by atoms with van der Waals surface area (Å²) in [7, 11) is 1.51. The highest BCUT2D eigenvalue weighted by molar-refractivity contribution is 5.99. The van der Waals surface area contributed by atoms with Gasteiger partial charge in [0.15, 0.2) is 12.4 Å². The summed E-state index contributed by atoms with van der Waals surface area (Å²) in [5.41, 5.74) is 1.64. The molecule has 27 heavy (non-hydrogen) atoms. The molecular weight excluding hydrogens is 354 g/mol. The first kappa shape index (κ1) is 20.0. The van der Waals surface area contributed by atoms with E-state index >= 15 is 0 Å². The van der Waals surface area contributed by atoms with E-state index in [9.17, 15) is 14.4 Å². The van der Waals surface area contributed by atoms with Crippen molar-refractivity contribution in [3.63, 3.8) is 0 Å². The Labute approximate surface area is 155 Å². The molecule has 1 aromatic heterocycles. The lowest BCUT2D eigenvalue weighted by Gasteiger charge is -2.18. The number of nitrogens with zero attached hydrogens (tertiary/aromatic N) is 2. The van der Waals surface area contributed by atoms with E-state index in [1.165, 1.54) is 11.9 Å². The van der Waals surface area contributed by atoms with Crippen molar-refractivity contribution in [2.75, 3.05) is 25.5 Å². The molecule has 0 unspecified atom stereocenters. The first-order chi connectivity index (χ1) is 12.7. The van der Waals surface area contributed by atoms with Crippen LogP contribution in [0.3, 0.4) is 0 Å². The van der Waals surface area contributed by atoms with Crippen molar-refractivity contribution in [2.24, 2.45) is 0 Å². The molecule has 0 spiro atoms. The number of ether oxygens (including phenoxy) is 1. The van der Waals surface area contributed by atoms with Crippen LogP contribution in [0.5, 0.6) is 5.75 Å². The van der Waals surface area contributed by atoms with Gasteiger partial charge in [-0.2, -0.15) is 0 Å². The van der Waals surface area contributed by atoms with Gasteiger partial charge in [0.05, 0.1) is 6.54 Å². The van der Waals surface area contributed by atoms with Crippen LogP contribution in [0.4, 0.5) is 5.82 Å². The molecule has 0 saturated heterocycles. The molecule has 2 rings (SSSR count). The quantitative estimate of drug-likeness (QED) is 0.756. The number of rotatable bonds is 7. The smallest absolute Gasteiger partial charge is 0.341 e. The maximum absolute atomic E-state index is 12.6. The maximum Gasteiger partial charge on any atom is 0.341 e. The van der Waals surface area contributed by atoms with Crippen LogP contribution in [0, 0.1) is 20.8 Å². The minimum absolute atomic E-state index is 0.167. The van der Waals surface area contributed by atoms with Gasteiger partial charge in [-0.1, -0.05) is 5.16 Å². The number of carbonyl (C=O) groups is 3. The van der Waals surface area contributed by atoms with Crippen molar-refractivity contribution < 1.29 is 28.8 Å². The normalized spacial score (nSPS) is 10.4. The third-order valence-electron chi connectivity index (χ3n) is 3.67. The van der Waals surface area contributed by atoms with Crippen molar-refractivity contribution >= 4 is 23.6 Å². The van der Waals surface area contributed by atoms with Gasteiger partial charge in [0.2, 0.25) is 5.91 Å². The number of aliphatic carboxylic acids is 1. The summed E-state index contributed by atoms with van der Waals surface area (Å²) in [5.74, 6) is -0.569. The van der Waals surface area contributed by atoms with E-state index in [0.29, 0.717) is 28.2 Å². The molecule has 2 amide bonds. The van der Waals surface area contributed by atoms with Gasteiger partial charge in [0.25, 0.3) is 5.91 Å². The van der Waals surface area contributed by atoms with Crippen molar-refractivity contribution in [3.05, 3.63) is 40.6 Å². The molecule has 144 valence electrons. The number of benzene rings is 1. The molecule has 0 aliphatic rings. The Kier molecular flexibility index (Phi) is 6.17. The molecule has 0 atom stereocenters. The second-order valence-corrected chi connectivity index (χ2v) is 6.15. The second-order valence-electron chi connectivity index (χ2n) is 6.15. The Morgan fingerprint density at radius 3 is 2.33 bits per heavy atom. The summed E-state index contributed by atoms with van der Waals surface area (Å²) < 4.78 is 10.1. The zero-order chi connectivity index (χ0) is 20.1. The van der Waals surface area contributed by atoms with E-state index < -0.39 is 18.5 Å². The zero-order valence-corrected chi connectivity index (χ0v) is 15.5. The van der Waals surface area contributed by atoms with Crippen LogP contribution in [0.15, 0.2) is 22.7 Å². The van der Waals surface area contributed by atoms with Gasteiger partial charge in [-0.25, -0.2) is 4.79 Å². The van der Waals surface area contributed by atoms with Gasteiger partial charge < -0.3 is 24.6 Å². The van der Waals surface area contributed by atoms with Crippen LogP contribution in [0.25, 0.3) is 0 Å². The van der Waals surface area contributed by atoms with Crippen LogP contribution in [-0.4, -0.2) is 53.1 Å². The molecule has 1 heterocycles. The Bertz CT molecular complexity index is 851. The van der Waals surface area contributed by atoms with Crippen LogP contribution in [0.1, 0.15) is 27.2 Å². The highest BCUT2D eigenvalue weighted by atomic mass is 16.5. The molecule has 2 aromatic rings. The number of carboxylic acids is 1. The van der Waals surface area contributed by atoms with Crippen molar-refractivity contribution in [2.45, 2.75) is 20.8 Å². The highest BCUT2D eigenvalue weighted by Crippen LogP contribution is 2.25. The van der Waals surface area contributed by atoms with E-state index in [1.807, 2.05) is 0 Å². The number of amides is 2. The molecule has 0 aliphatic heterocycles. The molecule has 0 aliphatic carbocycles. The van der Waals surface area contributed by atoms with Gasteiger partial charge in [0, 0.05) is 18.7 Å². The van der Waals surface area contributed by atoms with Crippen molar-refractivity contribution in [1.29, 1.82) is 0 Å². The van der Waals surface area contributed by atoms with Crippen LogP contribution < -0.4 is 10.1 Å². The number of carboxylic acid groups (broad SMARTS) is 1. The number of aryl methyl sites for hydroxylation is 3. The van der Waals surface area contributed by atoms with Gasteiger partial charge in [-0.3, -0.25) is 9.59 Å². The van der Waals surface area contributed by atoms with Crippen LogP contribution in [-0.2, 0) is 9.59 Å². The summed E-state index contributed by atoms with van der Waals surface area (Å²) in [6.07, 6.45) is 0. The Balaban J connectivity index is 2.05. The molecular formula is C18H21N3O6. The minimum atomic E-state index is -1.08. The van der Waals surface area contributed by atoms with Gasteiger partial charge in [0.1, 0.15) is 11.5 Å². The molecule has 9 heteroatoms. The predicted molar refractivity (Wildman–Crippen MR) is 95.9 cm³/mol. The molecule has 9 nitrogen and oxygen atoms in total. The standard InChI is InChI=1S/C18H21N3O6/c1-10-5-13(6-11(2)17(10)26-9-16(23)24)18(25)21(4)8-15(22)19-14-7-12(3)27-20-14/h5-7H,8-9H2,1-4H3,(H,23,24)(H,19,20,22). The maximum atomic E-state index is 12.6. The van der Waals surface area contributed by atoms with Crippen molar-refractivity contribution in [1.82, 2.24) is 10.1 Å². The fourth-order valence-electron chi connectivity index (χ4n) is 2.55. The third kappa shape index (κ3) is 5.30. The van der Waals surface area contributed by atoms with E-state index in [-0.39, 0.29) is 18.3 Å². The topological polar surface area (TPSA) is 122 Å². The summed E-state index contributed by atoms with van der Waals surface area (Å²) >= 11 is 0. The Morgan fingerprint density at radius 2 is 1.81 bits per heavy atom. The fraction of sp³-hybridized carbons (Fsp3) is 0.333. The van der Waals surface area contributed by atoms with E-state index in [1.54, 1.807) is 39.0 Å². The number of likely N-dealkylation sites (N-methyl/N-ethyl adjacent to an activating group) is 1. The zero-order valence-electron chi connectivity index (χ0n) is 15.5. The third-order valence-corrected chi connectivity index (χ3v) is 3.67. The highest BCUT2D eigenvalue weighted by Gasteiger charge is 2.18. The number of anilines is 1. The fourth-order valence-corrected chi connectivity index (χ4v) is 2.55. The van der Waals surface area contributed by atoms with Crippen LogP contribution >= 0.6 is 0 Å². The lowest BCUT2D eigenvalue weighted by atomic mass is 10.0. The number of hydrogen-bond acceptors (Lipinski definition) is 6. The average molecular weight is 375 g/mol. The molecule has 0 radical (unpaired) electrons. The van der Waals surface area contributed by atoms with E-state index in [2.05, 4.69) is 10.5 Å². The van der Waals surface area contributed by atoms with Crippen molar-refractivity contribution in [3.8, 4) is 5.75 Å². The van der Waals surface area contributed by atoms with Gasteiger partial charge in [-0.15, -0.1) is 0 Å². The Hall–Kier alpha value is -3.36. The Morgan fingerprint density at radius 1 is 1.19 bits per heavy atom. The van der Waals surface area contributed by atoms with E-state index in [0.717, 1.165) is 0 Å². The molecule has 0 saturated carbocycles. The number of aromatic nitrogens is 1. The lowest BCUT2D eigenvalue weighted by Crippen LogP contribution is -2.35. The number of hydrogen-bond donors (Lipinski definition) is 2. The lowest BCUT2D eigenvalue weighted by molar-refractivity contribution is -0.139. The summed E-state index contributed by atoms with van der Waals surface area (Å²) in [4.78, 5) is 36.6. The first-order valence-electron chi connectivity index (χ1n) is 8.12. The second kappa shape index (κ2) is 8.35. The minimum Gasteiger partial charge on any atom is -0.481 e. The molecule has 2 N–H and O–H groups in total. The molecule has 0 bridgehead atoms. The summed E-state index contributed by atoms with van der Waals surface area (Å²) in [6, 6.07) is 4.77.